The third-order valence-corrected chi connectivity index (χ3v) is 4.85. The Bertz CT molecular complexity index is 980. The highest BCUT2D eigenvalue weighted by atomic mass is 16.2. The molecule has 2 amide bonds. The predicted octanol–water partition coefficient (Wildman–Crippen LogP) is 3.75. The topological polar surface area (TPSA) is 67.2 Å². The number of hydrogen-bond donors (Lipinski definition) is 1. The van der Waals surface area contributed by atoms with Gasteiger partial charge < -0.3 is 5.32 Å². The lowest BCUT2D eigenvalue weighted by atomic mass is 10.1. The van der Waals surface area contributed by atoms with E-state index < -0.39 is 6.04 Å². The minimum atomic E-state index is -0.562. The molecule has 0 saturated carbocycles. The second kappa shape index (κ2) is 7.23. The second-order valence-electron chi connectivity index (χ2n) is 6.75. The fourth-order valence-electron chi connectivity index (χ4n) is 3.53. The number of carbonyl (C=O) groups excluding carboxylic acids is 2. The molecule has 0 radical (unpaired) electrons. The van der Waals surface area contributed by atoms with Gasteiger partial charge in [0, 0.05) is 12.2 Å². The van der Waals surface area contributed by atoms with E-state index in [0.717, 1.165) is 29.6 Å². The van der Waals surface area contributed by atoms with E-state index >= 15 is 0 Å². The van der Waals surface area contributed by atoms with Crippen molar-refractivity contribution >= 4 is 34.5 Å². The average molecular weight is 362 g/mol. The normalized spacial score (nSPS) is 16.0. The van der Waals surface area contributed by atoms with Crippen molar-refractivity contribution < 1.29 is 9.59 Å². The third-order valence-electron chi connectivity index (χ3n) is 4.85. The van der Waals surface area contributed by atoms with E-state index in [2.05, 4.69) is 17.2 Å². The first-order valence-corrected chi connectivity index (χ1v) is 9.32. The maximum Gasteiger partial charge on any atom is 0.253 e. The Balaban J connectivity index is 1.64. The van der Waals surface area contributed by atoms with E-state index in [-0.39, 0.29) is 18.2 Å². The van der Waals surface area contributed by atoms with Crippen molar-refractivity contribution in [2.75, 3.05) is 16.8 Å². The van der Waals surface area contributed by atoms with Gasteiger partial charge in [0.2, 0.25) is 11.9 Å². The van der Waals surface area contributed by atoms with Gasteiger partial charge in [0.15, 0.2) is 0 Å². The zero-order valence-corrected chi connectivity index (χ0v) is 15.3. The van der Waals surface area contributed by atoms with Crippen molar-refractivity contribution in [2.24, 2.45) is 0 Å². The number of nitrogens with one attached hydrogen (secondary N) is 1. The van der Waals surface area contributed by atoms with Crippen LogP contribution in [0.2, 0.25) is 0 Å². The summed E-state index contributed by atoms with van der Waals surface area (Å²) in [6.45, 7) is 2.71. The Morgan fingerprint density at radius 3 is 2.63 bits per heavy atom. The highest BCUT2D eigenvalue weighted by Crippen LogP contribution is 2.36. The summed E-state index contributed by atoms with van der Waals surface area (Å²) in [5.74, 6) is 0.410. The molecule has 1 aliphatic rings. The Morgan fingerprint density at radius 1 is 1.11 bits per heavy atom. The van der Waals surface area contributed by atoms with E-state index in [4.69, 9.17) is 0 Å². The van der Waals surface area contributed by atoms with E-state index in [0.29, 0.717) is 12.5 Å². The molecule has 6 nitrogen and oxygen atoms in total. The molecule has 27 heavy (non-hydrogen) atoms. The van der Waals surface area contributed by atoms with Crippen LogP contribution in [0.1, 0.15) is 32.2 Å². The summed E-state index contributed by atoms with van der Waals surface area (Å²) in [5, 5.41) is 2.88. The quantitative estimate of drug-likeness (QED) is 0.726. The van der Waals surface area contributed by atoms with Crippen LogP contribution in [0.15, 0.2) is 54.6 Å². The molecule has 1 atom stereocenters. The van der Waals surface area contributed by atoms with Crippen molar-refractivity contribution in [3.63, 3.8) is 0 Å². The van der Waals surface area contributed by atoms with Crippen LogP contribution in [0.25, 0.3) is 11.0 Å². The smallest absolute Gasteiger partial charge is 0.253 e. The Kier molecular flexibility index (Phi) is 4.62. The number of para-hydroxylation sites is 3. The molecule has 1 aliphatic heterocycles. The SMILES string of the molecule is CCCCN1C(=O)[C@@H](CC(=O)Nc2ccccc2)n2c1nc1ccccc12. The third kappa shape index (κ3) is 3.18. The molecular formula is C21H22N4O2. The fraction of sp³-hybridized carbons (Fsp3) is 0.286. The van der Waals surface area contributed by atoms with Gasteiger partial charge in [0.25, 0.3) is 5.91 Å². The minimum absolute atomic E-state index is 0.0556. The van der Waals surface area contributed by atoms with Gasteiger partial charge in [0.1, 0.15) is 6.04 Å². The first-order chi connectivity index (χ1) is 13.2. The molecule has 0 aliphatic carbocycles. The van der Waals surface area contributed by atoms with Gasteiger partial charge >= 0.3 is 0 Å². The largest absolute Gasteiger partial charge is 0.326 e. The van der Waals surface area contributed by atoms with E-state index in [9.17, 15) is 9.59 Å². The molecule has 1 N–H and O–H groups in total. The van der Waals surface area contributed by atoms with Crippen LogP contribution in [0.3, 0.4) is 0 Å². The average Bonchev–Trinajstić information content (AvgIpc) is 3.16. The number of hydrogen-bond acceptors (Lipinski definition) is 3. The Hall–Kier alpha value is -3.15. The van der Waals surface area contributed by atoms with E-state index in [1.54, 1.807) is 4.90 Å². The number of aromatic nitrogens is 2. The number of amides is 2. The number of benzene rings is 2. The summed E-state index contributed by atoms with van der Waals surface area (Å²) in [5.41, 5.74) is 2.46. The zero-order valence-electron chi connectivity index (χ0n) is 15.3. The van der Waals surface area contributed by atoms with Gasteiger partial charge in [0.05, 0.1) is 17.5 Å². The number of unbranched alkanes of at least 4 members (excludes halogenated alkanes) is 1. The van der Waals surface area contributed by atoms with Gasteiger partial charge in [-0.25, -0.2) is 4.98 Å². The predicted molar refractivity (Wildman–Crippen MR) is 106 cm³/mol. The van der Waals surface area contributed by atoms with E-state index in [1.807, 2.05) is 59.2 Å². The molecule has 0 saturated heterocycles. The summed E-state index contributed by atoms with van der Waals surface area (Å²) in [6, 6.07) is 16.5. The number of imidazole rings is 1. The maximum absolute atomic E-state index is 13.0. The molecule has 0 bridgehead atoms. The van der Waals surface area contributed by atoms with Crippen LogP contribution in [0.5, 0.6) is 0 Å². The van der Waals surface area contributed by atoms with Crippen LogP contribution in [-0.4, -0.2) is 27.9 Å². The Labute approximate surface area is 157 Å². The number of nitrogens with zero attached hydrogens (tertiary/aromatic N) is 3. The molecule has 4 rings (SSSR count). The maximum atomic E-state index is 13.0. The first-order valence-electron chi connectivity index (χ1n) is 9.32. The second-order valence-corrected chi connectivity index (χ2v) is 6.75. The minimum Gasteiger partial charge on any atom is -0.326 e. The summed E-state index contributed by atoms with van der Waals surface area (Å²) < 4.78 is 1.91. The van der Waals surface area contributed by atoms with Crippen LogP contribution >= 0.6 is 0 Å². The lowest BCUT2D eigenvalue weighted by Gasteiger charge is -2.15. The fourth-order valence-corrected chi connectivity index (χ4v) is 3.53. The van der Waals surface area contributed by atoms with Crippen LogP contribution < -0.4 is 10.2 Å². The monoisotopic (exact) mass is 362 g/mol. The lowest BCUT2D eigenvalue weighted by Crippen LogP contribution is -2.32. The molecule has 3 aromatic rings. The van der Waals surface area contributed by atoms with Crippen molar-refractivity contribution in [2.45, 2.75) is 32.2 Å². The molecule has 0 fully saturated rings. The number of rotatable bonds is 6. The van der Waals surface area contributed by atoms with Crippen molar-refractivity contribution in [1.82, 2.24) is 9.55 Å². The van der Waals surface area contributed by atoms with Gasteiger partial charge in [-0.3, -0.25) is 19.1 Å². The standard InChI is InChI=1S/C21H22N4O2/c1-2-3-13-24-20(27)18(14-19(26)22-15-9-5-4-6-10-15)25-17-12-8-7-11-16(17)23-21(24)25/h4-12,18H,2-3,13-14H2,1H3,(H,22,26)/t18-/m1/s1. The molecule has 1 aromatic heterocycles. The van der Waals surface area contributed by atoms with Gasteiger partial charge in [-0.05, 0) is 30.7 Å². The molecule has 0 unspecified atom stereocenters. The van der Waals surface area contributed by atoms with Crippen LogP contribution in [-0.2, 0) is 9.59 Å². The highest BCUT2D eigenvalue weighted by Gasteiger charge is 2.40. The first kappa shape index (κ1) is 17.3. The highest BCUT2D eigenvalue weighted by molar-refractivity contribution is 6.05. The Morgan fingerprint density at radius 2 is 1.85 bits per heavy atom. The van der Waals surface area contributed by atoms with Crippen molar-refractivity contribution in [1.29, 1.82) is 0 Å². The lowest BCUT2D eigenvalue weighted by molar-refractivity contribution is -0.124. The van der Waals surface area contributed by atoms with Gasteiger partial charge in [-0.1, -0.05) is 43.7 Å². The summed E-state index contributed by atoms with van der Waals surface area (Å²) in [7, 11) is 0. The van der Waals surface area contributed by atoms with Crippen LogP contribution in [0.4, 0.5) is 11.6 Å². The van der Waals surface area contributed by atoms with Gasteiger partial charge in [-0.2, -0.15) is 0 Å². The molecule has 2 aromatic carbocycles. The summed E-state index contributed by atoms with van der Waals surface area (Å²) in [6.07, 6.45) is 1.98. The summed E-state index contributed by atoms with van der Waals surface area (Å²) >= 11 is 0. The number of fused-ring (bicyclic) bond motifs is 3. The molecular weight excluding hydrogens is 340 g/mol. The van der Waals surface area contributed by atoms with E-state index in [1.165, 1.54) is 0 Å². The molecule has 0 spiro atoms. The zero-order chi connectivity index (χ0) is 18.8. The van der Waals surface area contributed by atoms with Gasteiger partial charge in [-0.15, -0.1) is 0 Å². The van der Waals surface area contributed by atoms with Crippen molar-refractivity contribution in [3.8, 4) is 0 Å². The van der Waals surface area contributed by atoms with Crippen LogP contribution in [0, 0.1) is 0 Å². The number of anilines is 2. The summed E-state index contributed by atoms with van der Waals surface area (Å²) in [4.78, 5) is 32.0. The van der Waals surface area contributed by atoms with Crippen molar-refractivity contribution in [3.05, 3.63) is 54.6 Å². The molecule has 2 heterocycles. The number of carbonyl (C=O) groups is 2. The molecule has 138 valence electrons. The molecule has 6 heteroatoms.